The zero-order valence-corrected chi connectivity index (χ0v) is 19.7. The zero-order chi connectivity index (χ0) is 23.4. The van der Waals surface area contributed by atoms with Crippen molar-refractivity contribution >= 4 is 17.6 Å². The van der Waals surface area contributed by atoms with Gasteiger partial charge < -0.3 is 9.64 Å². The number of para-hydroxylation sites is 1. The van der Waals surface area contributed by atoms with Crippen LogP contribution in [0, 0.1) is 19.8 Å². The second kappa shape index (κ2) is 10.1. The Bertz CT molecular complexity index is 1070. The van der Waals surface area contributed by atoms with Gasteiger partial charge in [0.05, 0.1) is 13.1 Å². The van der Waals surface area contributed by atoms with Crippen molar-refractivity contribution in [2.75, 3.05) is 25.1 Å². The number of carbonyl (C=O) groups excluding carboxylic acids is 2. The van der Waals surface area contributed by atoms with E-state index in [0.29, 0.717) is 56.5 Å². The number of rotatable bonds is 8. The summed E-state index contributed by atoms with van der Waals surface area (Å²) in [4.78, 5) is 38.2. The van der Waals surface area contributed by atoms with E-state index in [1.807, 2.05) is 38.1 Å². The van der Waals surface area contributed by atoms with Gasteiger partial charge in [0.15, 0.2) is 0 Å². The molecule has 7 heteroatoms. The molecule has 2 heterocycles. The molecule has 0 radical (unpaired) electrons. The van der Waals surface area contributed by atoms with Crippen LogP contribution in [0.2, 0.25) is 0 Å². The van der Waals surface area contributed by atoms with Crippen LogP contribution in [0.25, 0.3) is 0 Å². The lowest BCUT2D eigenvalue weighted by Gasteiger charge is -2.30. The fourth-order valence-corrected chi connectivity index (χ4v) is 4.45. The molecule has 174 valence electrons. The average Bonchev–Trinajstić information content (AvgIpc) is 3.29. The molecule has 1 aliphatic heterocycles. The van der Waals surface area contributed by atoms with Gasteiger partial charge in [0.1, 0.15) is 24.0 Å². The van der Waals surface area contributed by atoms with Gasteiger partial charge in [0, 0.05) is 31.1 Å². The van der Waals surface area contributed by atoms with Crippen molar-refractivity contribution < 1.29 is 14.3 Å². The van der Waals surface area contributed by atoms with Crippen LogP contribution in [0.15, 0.2) is 36.4 Å². The van der Waals surface area contributed by atoms with Gasteiger partial charge in [-0.3, -0.25) is 14.5 Å². The number of benzene rings is 1. The molecular formula is C26H32N4O3. The standard InChI is InChI=1S/C26H32N4O3/c1-18-8-4-7-11-22(18)33-15-14-30-24(31)13-12-21-19(2)27-23(28-26(21)30)17-29(3)25(32)16-20-9-5-6-10-20/h4-5,7-9,11,20H,6,10,12-17H2,1-3H3. The lowest BCUT2D eigenvalue weighted by molar-refractivity contribution is -0.131. The Balaban J connectivity index is 1.46. The third kappa shape index (κ3) is 5.41. The number of allylic oxidation sites excluding steroid dienone is 2. The molecule has 2 aromatic rings. The SMILES string of the molecule is Cc1ccccc1OCCN1C(=O)CCc2c(C)nc(CN(C)C(=O)CC3C=CCC3)nc21. The van der Waals surface area contributed by atoms with Gasteiger partial charge in [0.2, 0.25) is 11.8 Å². The quantitative estimate of drug-likeness (QED) is 0.575. The third-order valence-electron chi connectivity index (χ3n) is 6.40. The number of amides is 2. The molecule has 1 unspecified atom stereocenters. The predicted octanol–water partition coefficient (Wildman–Crippen LogP) is 3.77. The van der Waals surface area contributed by atoms with Crippen LogP contribution in [0.1, 0.15) is 48.3 Å². The average molecular weight is 449 g/mol. The minimum absolute atomic E-state index is 0.0392. The Hall–Kier alpha value is -3.22. The van der Waals surface area contributed by atoms with Crippen molar-refractivity contribution in [3.8, 4) is 5.75 Å². The summed E-state index contributed by atoms with van der Waals surface area (Å²) in [7, 11) is 1.79. The first-order chi connectivity index (χ1) is 15.9. The summed E-state index contributed by atoms with van der Waals surface area (Å²) in [6, 6.07) is 7.84. The topological polar surface area (TPSA) is 75.6 Å². The summed E-state index contributed by atoms with van der Waals surface area (Å²) < 4.78 is 5.93. The van der Waals surface area contributed by atoms with E-state index in [9.17, 15) is 9.59 Å². The van der Waals surface area contributed by atoms with Crippen molar-refractivity contribution in [2.45, 2.75) is 52.5 Å². The minimum Gasteiger partial charge on any atom is -0.491 e. The largest absolute Gasteiger partial charge is 0.491 e. The van der Waals surface area contributed by atoms with E-state index in [0.717, 1.165) is 35.4 Å². The summed E-state index contributed by atoms with van der Waals surface area (Å²) in [6.45, 7) is 5.07. The monoisotopic (exact) mass is 448 g/mol. The van der Waals surface area contributed by atoms with E-state index in [1.165, 1.54) is 0 Å². The Kier molecular flexibility index (Phi) is 7.06. The molecule has 0 spiro atoms. The molecule has 0 N–H and O–H groups in total. The molecule has 0 saturated carbocycles. The number of hydrogen-bond donors (Lipinski definition) is 0. The normalized spacial score (nSPS) is 17.2. The molecule has 0 bridgehead atoms. The van der Waals surface area contributed by atoms with Crippen LogP contribution in [-0.2, 0) is 22.6 Å². The maximum Gasteiger partial charge on any atom is 0.228 e. The number of fused-ring (bicyclic) bond motifs is 1. The van der Waals surface area contributed by atoms with Gasteiger partial charge in [-0.1, -0.05) is 30.4 Å². The maximum absolute atomic E-state index is 12.8. The number of anilines is 1. The second-order valence-electron chi connectivity index (χ2n) is 8.91. The molecule has 7 nitrogen and oxygen atoms in total. The fraction of sp³-hybridized carbons (Fsp3) is 0.462. The lowest BCUT2D eigenvalue weighted by Crippen LogP contribution is -2.40. The van der Waals surface area contributed by atoms with Crippen LogP contribution in [0.5, 0.6) is 5.75 Å². The predicted molar refractivity (Wildman–Crippen MR) is 127 cm³/mol. The van der Waals surface area contributed by atoms with Crippen molar-refractivity contribution in [3.63, 3.8) is 0 Å². The first kappa shape index (κ1) is 23.0. The highest BCUT2D eigenvalue weighted by atomic mass is 16.5. The Labute approximate surface area is 195 Å². The first-order valence-electron chi connectivity index (χ1n) is 11.7. The molecule has 33 heavy (non-hydrogen) atoms. The third-order valence-corrected chi connectivity index (χ3v) is 6.40. The van der Waals surface area contributed by atoms with Gasteiger partial charge in [-0.2, -0.15) is 0 Å². The molecule has 0 saturated heterocycles. The van der Waals surface area contributed by atoms with E-state index in [2.05, 4.69) is 17.1 Å². The summed E-state index contributed by atoms with van der Waals surface area (Å²) in [5.74, 6) is 2.49. The number of ether oxygens (including phenoxy) is 1. The van der Waals surface area contributed by atoms with Crippen molar-refractivity contribution in [1.82, 2.24) is 14.9 Å². The number of nitrogens with zero attached hydrogens (tertiary/aromatic N) is 4. The Morgan fingerprint density at radius 3 is 2.79 bits per heavy atom. The molecule has 1 aromatic carbocycles. The second-order valence-corrected chi connectivity index (χ2v) is 8.91. The van der Waals surface area contributed by atoms with Crippen LogP contribution >= 0.6 is 0 Å². The molecule has 2 amide bonds. The summed E-state index contributed by atoms with van der Waals surface area (Å²) in [6.07, 6.45) is 7.95. The van der Waals surface area contributed by atoms with Gasteiger partial charge >= 0.3 is 0 Å². The molecule has 4 rings (SSSR count). The van der Waals surface area contributed by atoms with E-state index >= 15 is 0 Å². The molecule has 2 aliphatic rings. The summed E-state index contributed by atoms with van der Waals surface area (Å²) in [5, 5.41) is 0. The molecule has 1 atom stereocenters. The maximum atomic E-state index is 12.8. The van der Waals surface area contributed by atoms with Gasteiger partial charge in [-0.15, -0.1) is 0 Å². The van der Waals surface area contributed by atoms with E-state index in [4.69, 9.17) is 9.72 Å². The minimum atomic E-state index is 0.0392. The Morgan fingerprint density at radius 2 is 2.03 bits per heavy atom. The Morgan fingerprint density at radius 1 is 1.21 bits per heavy atom. The van der Waals surface area contributed by atoms with Crippen LogP contribution in [0.4, 0.5) is 5.82 Å². The highest BCUT2D eigenvalue weighted by molar-refractivity contribution is 5.95. The van der Waals surface area contributed by atoms with Crippen LogP contribution in [-0.4, -0.2) is 46.9 Å². The number of aromatic nitrogens is 2. The van der Waals surface area contributed by atoms with Crippen molar-refractivity contribution in [1.29, 1.82) is 0 Å². The smallest absolute Gasteiger partial charge is 0.228 e. The molecular weight excluding hydrogens is 416 g/mol. The number of hydrogen-bond acceptors (Lipinski definition) is 5. The van der Waals surface area contributed by atoms with Gasteiger partial charge in [-0.05, 0) is 50.7 Å². The van der Waals surface area contributed by atoms with E-state index < -0.39 is 0 Å². The summed E-state index contributed by atoms with van der Waals surface area (Å²) >= 11 is 0. The van der Waals surface area contributed by atoms with E-state index in [1.54, 1.807) is 16.8 Å². The number of aryl methyl sites for hydroxylation is 2. The first-order valence-corrected chi connectivity index (χ1v) is 11.7. The summed E-state index contributed by atoms with van der Waals surface area (Å²) in [5.41, 5.74) is 2.93. The molecule has 1 aromatic heterocycles. The lowest BCUT2D eigenvalue weighted by atomic mass is 10.0. The number of carbonyl (C=O) groups is 2. The zero-order valence-electron chi connectivity index (χ0n) is 19.7. The van der Waals surface area contributed by atoms with Crippen molar-refractivity contribution in [2.24, 2.45) is 5.92 Å². The highest BCUT2D eigenvalue weighted by Crippen LogP contribution is 2.28. The van der Waals surface area contributed by atoms with Gasteiger partial charge in [0.25, 0.3) is 0 Å². The molecule has 0 fully saturated rings. The van der Waals surface area contributed by atoms with Gasteiger partial charge in [-0.25, -0.2) is 9.97 Å². The van der Waals surface area contributed by atoms with Crippen LogP contribution < -0.4 is 9.64 Å². The van der Waals surface area contributed by atoms with E-state index in [-0.39, 0.29) is 11.8 Å². The molecule has 1 aliphatic carbocycles. The van der Waals surface area contributed by atoms with Crippen LogP contribution in [0.3, 0.4) is 0 Å². The highest BCUT2D eigenvalue weighted by Gasteiger charge is 2.28. The fourth-order valence-electron chi connectivity index (χ4n) is 4.45. The van der Waals surface area contributed by atoms with Crippen molar-refractivity contribution in [3.05, 3.63) is 59.1 Å².